The van der Waals surface area contributed by atoms with Gasteiger partial charge in [-0.3, -0.25) is 9.59 Å². The molecule has 0 aliphatic heterocycles. The monoisotopic (exact) mass is 354 g/mol. The summed E-state index contributed by atoms with van der Waals surface area (Å²) >= 11 is 0. The van der Waals surface area contributed by atoms with Crippen molar-refractivity contribution in [3.05, 3.63) is 64.7 Å². The molecule has 2 amide bonds. The van der Waals surface area contributed by atoms with Gasteiger partial charge in [-0.15, -0.1) is 0 Å². The largest absolute Gasteiger partial charge is 0.364 e. The van der Waals surface area contributed by atoms with Gasteiger partial charge in [0.2, 0.25) is 11.8 Å². The molecule has 0 heterocycles. The van der Waals surface area contributed by atoms with Crippen LogP contribution in [-0.2, 0) is 20.9 Å². The molecular formula is C21H26N2O3. The Morgan fingerprint density at radius 1 is 1.04 bits per heavy atom. The van der Waals surface area contributed by atoms with Crippen molar-refractivity contribution < 1.29 is 14.3 Å². The van der Waals surface area contributed by atoms with Crippen molar-refractivity contribution in [2.75, 3.05) is 11.9 Å². The second-order valence-electron chi connectivity index (χ2n) is 6.48. The number of aryl methyl sites for hydroxylation is 3. The van der Waals surface area contributed by atoms with Gasteiger partial charge < -0.3 is 15.4 Å². The van der Waals surface area contributed by atoms with Gasteiger partial charge >= 0.3 is 0 Å². The van der Waals surface area contributed by atoms with Crippen LogP contribution >= 0.6 is 0 Å². The Labute approximate surface area is 154 Å². The normalized spacial score (nSPS) is 11.7. The maximum absolute atomic E-state index is 12.1. The van der Waals surface area contributed by atoms with E-state index in [4.69, 9.17) is 4.74 Å². The maximum atomic E-state index is 12.1. The average Bonchev–Trinajstić information content (AvgIpc) is 2.61. The number of ether oxygens (including phenoxy) is 1. The number of amides is 2. The van der Waals surface area contributed by atoms with Gasteiger partial charge in [0.25, 0.3) is 0 Å². The molecule has 2 rings (SSSR count). The fourth-order valence-corrected chi connectivity index (χ4v) is 2.74. The standard InChI is InChI=1S/C21H26N2O3/c1-14-10-15(2)20(16(3)11-14)23-19(24)12-22-21(25)17(4)26-13-18-8-6-5-7-9-18/h5-11,17H,12-13H2,1-4H3,(H,22,25)(H,23,24). The van der Waals surface area contributed by atoms with Crippen molar-refractivity contribution in [2.24, 2.45) is 0 Å². The van der Waals surface area contributed by atoms with E-state index in [1.54, 1.807) is 6.92 Å². The molecule has 0 radical (unpaired) electrons. The van der Waals surface area contributed by atoms with E-state index in [9.17, 15) is 9.59 Å². The summed E-state index contributed by atoms with van der Waals surface area (Å²) in [5.74, 6) is -0.572. The van der Waals surface area contributed by atoms with Crippen LogP contribution in [0.4, 0.5) is 5.69 Å². The van der Waals surface area contributed by atoms with Gasteiger partial charge in [-0.2, -0.15) is 0 Å². The number of benzene rings is 2. The predicted octanol–water partition coefficient (Wildman–Crippen LogP) is 3.27. The van der Waals surface area contributed by atoms with Gasteiger partial charge in [0.05, 0.1) is 13.2 Å². The van der Waals surface area contributed by atoms with Crippen molar-refractivity contribution in [3.8, 4) is 0 Å². The van der Waals surface area contributed by atoms with E-state index in [1.165, 1.54) is 0 Å². The molecular weight excluding hydrogens is 328 g/mol. The molecule has 2 aromatic carbocycles. The van der Waals surface area contributed by atoms with E-state index in [1.807, 2.05) is 63.2 Å². The average molecular weight is 354 g/mol. The van der Waals surface area contributed by atoms with E-state index in [2.05, 4.69) is 10.6 Å². The Kier molecular flexibility index (Phi) is 6.92. The van der Waals surface area contributed by atoms with Crippen LogP contribution in [0.3, 0.4) is 0 Å². The molecule has 0 aliphatic carbocycles. The Balaban J connectivity index is 1.80. The first-order valence-corrected chi connectivity index (χ1v) is 8.67. The van der Waals surface area contributed by atoms with Crippen LogP contribution in [0.15, 0.2) is 42.5 Å². The van der Waals surface area contributed by atoms with E-state index in [0.29, 0.717) is 6.61 Å². The van der Waals surface area contributed by atoms with Crippen LogP contribution in [0.1, 0.15) is 29.2 Å². The summed E-state index contributed by atoms with van der Waals surface area (Å²) in [5.41, 5.74) is 4.94. The molecule has 0 bridgehead atoms. The first-order valence-electron chi connectivity index (χ1n) is 8.67. The molecule has 0 saturated carbocycles. The highest BCUT2D eigenvalue weighted by Gasteiger charge is 2.15. The third kappa shape index (κ3) is 5.70. The van der Waals surface area contributed by atoms with Crippen LogP contribution in [-0.4, -0.2) is 24.5 Å². The highest BCUT2D eigenvalue weighted by atomic mass is 16.5. The first-order chi connectivity index (χ1) is 12.4. The Morgan fingerprint density at radius 2 is 1.65 bits per heavy atom. The zero-order chi connectivity index (χ0) is 19.1. The molecule has 1 atom stereocenters. The number of carbonyl (C=O) groups is 2. The van der Waals surface area contributed by atoms with Gasteiger partial charge in [0, 0.05) is 5.69 Å². The SMILES string of the molecule is Cc1cc(C)c(NC(=O)CNC(=O)C(C)OCc2ccccc2)c(C)c1. The number of carbonyl (C=O) groups excluding carboxylic acids is 2. The molecule has 0 spiro atoms. The summed E-state index contributed by atoms with van der Waals surface area (Å²) in [4.78, 5) is 24.2. The minimum atomic E-state index is -0.633. The van der Waals surface area contributed by atoms with Crippen LogP contribution in [0.5, 0.6) is 0 Å². The summed E-state index contributed by atoms with van der Waals surface area (Å²) in [7, 11) is 0. The lowest BCUT2D eigenvalue weighted by atomic mass is 10.1. The minimum absolute atomic E-state index is 0.0926. The van der Waals surface area contributed by atoms with Crippen LogP contribution in [0.25, 0.3) is 0 Å². The molecule has 2 aromatic rings. The quantitative estimate of drug-likeness (QED) is 0.802. The predicted molar refractivity (Wildman–Crippen MR) is 103 cm³/mol. The summed E-state index contributed by atoms with van der Waals surface area (Å²) < 4.78 is 5.55. The maximum Gasteiger partial charge on any atom is 0.249 e. The number of hydrogen-bond acceptors (Lipinski definition) is 3. The third-order valence-electron chi connectivity index (χ3n) is 4.08. The van der Waals surface area contributed by atoms with E-state index >= 15 is 0 Å². The molecule has 26 heavy (non-hydrogen) atoms. The molecule has 0 aromatic heterocycles. The van der Waals surface area contributed by atoms with E-state index in [0.717, 1.165) is 27.9 Å². The number of hydrogen-bond donors (Lipinski definition) is 2. The molecule has 5 heteroatoms. The highest BCUT2D eigenvalue weighted by Crippen LogP contribution is 2.21. The zero-order valence-electron chi connectivity index (χ0n) is 15.8. The van der Waals surface area contributed by atoms with Crippen LogP contribution in [0.2, 0.25) is 0 Å². The van der Waals surface area contributed by atoms with Crippen LogP contribution in [0, 0.1) is 20.8 Å². The van der Waals surface area contributed by atoms with Gasteiger partial charge in [-0.05, 0) is 44.4 Å². The lowest BCUT2D eigenvalue weighted by Gasteiger charge is -2.15. The smallest absolute Gasteiger partial charge is 0.249 e. The molecule has 0 aliphatic rings. The molecule has 2 N–H and O–H groups in total. The second-order valence-corrected chi connectivity index (χ2v) is 6.48. The van der Waals surface area contributed by atoms with Crippen molar-refractivity contribution in [2.45, 2.75) is 40.4 Å². The fraction of sp³-hybridized carbons (Fsp3) is 0.333. The highest BCUT2D eigenvalue weighted by molar-refractivity contribution is 5.96. The Bertz CT molecular complexity index is 749. The fourth-order valence-electron chi connectivity index (χ4n) is 2.74. The number of rotatable bonds is 7. The molecule has 5 nitrogen and oxygen atoms in total. The van der Waals surface area contributed by atoms with Gasteiger partial charge in [-0.1, -0.05) is 48.0 Å². The number of nitrogens with one attached hydrogen (secondary N) is 2. The van der Waals surface area contributed by atoms with Crippen molar-refractivity contribution >= 4 is 17.5 Å². The summed E-state index contributed by atoms with van der Waals surface area (Å²) in [6, 6.07) is 13.7. The minimum Gasteiger partial charge on any atom is -0.364 e. The molecule has 0 fully saturated rings. The van der Waals surface area contributed by atoms with Crippen LogP contribution < -0.4 is 10.6 Å². The van der Waals surface area contributed by atoms with E-state index in [-0.39, 0.29) is 18.4 Å². The molecule has 138 valence electrons. The van der Waals surface area contributed by atoms with Gasteiger partial charge in [0.1, 0.15) is 6.10 Å². The topological polar surface area (TPSA) is 67.4 Å². The Morgan fingerprint density at radius 3 is 2.27 bits per heavy atom. The summed E-state index contributed by atoms with van der Waals surface area (Å²) in [6.07, 6.45) is -0.633. The van der Waals surface area contributed by atoms with E-state index < -0.39 is 6.10 Å². The van der Waals surface area contributed by atoms with Crippen molar-refractivity contribution in [3.63, 3.8) is 0 Å². The van der Waals surface area contributed by atoms with Crippen molar-refractivity contribution in [1.82, 2.24) is 5.32 Å². The number of anilines is 1. The zero-order valence-corrected chi connectivity index (χ0v) is 15.8. The summed E-state index contributed by atoms with van der Waals surface area (Å²) in [5, 5.41) is 5.48. The first kappa shape index (κ1) is 19.7. The third-order valence-corrected chi connectivity index (χ3v) is 4.08. The molecule has 1 unspecified atom stereocenters. The summed E-state index contributed by atoms with van der Waals surface area (Å²) in [6.45, 7) is 7.85. The van der Waals surface area contributed by atoms with Crippen molar-refractivity contribution in [1.29, 1.82) is 0 Å². The molecule has 0 saturated heterocycles. The second kappa shape index (κ2) is 9.15. The lowest BCUT2D eigenvalue weighted by Crippen LogP contribution is -2.39. The Hall–Kier alpha value is -2.66. The lowest BCUT2D eigenvalue weighted by molar-refractivity contribution is -0.133. The van der Waals surface area contributed by atoms with Gasteiger partial charge in [-0.25, -0.2) is 0 Å². The van der Waals surface area contributed by atoms with Gasteiger partial charge in [0.15, 0.2) is 0 Å².